The molecule has 2 saturated heterocycles. The van der Waals surface area contributed by atoms with Crippen molar-refractivity contribution in [2.75, 3.05) is 158 Å². The number of hydrogen-bond acceptors (Lipinski definition) is 31. The van der Waals surface area contributed by atoms with Crippen LogP contribution >= 0.6 is 0 Å². The fraction of sp³-hybridized carbons (Fsp3) is 0.698. The Bertz CT molecular complexity index is 3970. The zero-order valence-electron chi connectivity index (χ0n) is 72.0. The van der Waals surface area contributed by atoms with E-state index in [1.54, 1.807) is 51.6 Å². The molecule has 676 valence electrons. The topological polar surface area (TPSA) is 467 Å². The fourth-order valence-electron chi connectivity index (χ4n) is 15.5. The van der Waals surface area contributed by atoms with Gasteiger partial charge in [-0.2, -0.15) is 10.1 Å². The van der Waals surface area contributed by atoms with Gasteiger partial charge in [0.15, 0.2) is 17.0 Å². The van der Waals surface area contributed by atoms with Gasteiger partial charge < -0.3 is 119 Å². The number of nitrogens with one attached hydrogen (secondary N) is 2. The molecule has 1 aromatic carbocycles. The van der Waals surface area contributed by atoms with Crippen molar-refractivity contribution >= 4 is 69.4 Å². The first-order valence-corrected chi connectivity index (χ1v) is 42.7. The molecule has 16 atom stereocenters. The van der Waals surface area contributed by atoms with Crippen molar-refractivity contribution < 1.29 is 115 Å². The van der Waals surface area contributed by atoms with Gasteiger partial charge in [0.2, 0.25) is 11.7 Å². The van der Waals surface area contributed by atoms with E-state index in [-0.39, 0.29) is 94.6 Å². The summed E-state index contributed by atoms with van der Waals surface area (Å²) in [5, 5.41) is 46.9. The first-order valence-electron chi connectivity index (χ1n) is 42.7. The number of anilines is 2. The number of oxazole rings is 1. The van der Waals surface area contributed by atoms with Crippen molar-refractivity contribution in [1.82, 2.24) is 40.3 Å². The summed E-state index contributed by atoms with van der Waals surface area (Å²) in [6.45, 7) is 17.7. The number of allylic oxidation sites excluding steroid dienone is 5. The molecule has 11 N–H and O–H groups in total. The molecule has 3 aliphatic heterocycles. The number of aromatic nitrogens is 5. The maximum Gasteiger partial charge on any atom is 0.407 e. The van der Waals surface area contributed by atoms with Crippen LogP contribution in [0.4, 0.5) is 16.6 Å². The summed E-state index contributed by atoms with van der Waals surface area (Å²) in [7, 11) is 4.47. The molecule has 0 radical (unpaired) electrons. The lowest BCUT2D eigenvalue weighted by atomic mass is 9.80. The highest BCUT2D eigenvalue weighted by Gasteiger charge is 2.53. The number of alkyl carbamates (subject to hydrolysis) is 1. The minimum atomic E-state index is -2.49. The third-order valence-corrected chi connectivity index (χ3v) is 22.6. The molecule has 6 heterocycles. The van der Waals surface area contributed by atoms with Gasteiger partial charge in [0.25, 0.3) is 17.7 Å². The average Bonchev–Trinajstić information content (AvgIpc) is 1.75. The summed E-state index contributed by atoms with van der Waals surface area (Å²) in [6.07, 6.45) is 10.8. The minimum absolute atomic E-state index is 0.0174. The van der Waals surface area contributed by atoms with E-state index in [0.29, 0.717) is 190 Å². The lowest BCUT2D eigenvalue weighted by Crippen LogP contribution is -2.61. The molecule has 3 amide bonds. The van der Waals surface area contributed by atoms with Crippen molar-refractivity contribution in [3.8, 4) is 11.3 Å². The van der Waals surface area contributed by atoms with Crippen molar-refractivity contribution in [2.45, 2.75) is 211 Å². The summed E-state index contributed by atoms with van der Waals surface area (Å²) in [5.74, 6) is -7.70. The zero-order valence-corrected chi connectivity index (χ0v) is 72.0. The highest BCUT2D eigenvalue weighted by atomic mass is 16.6. The van der Waals surface area contributed by atoms with Gasteiger partial charge in [0.1, 0.15) is 53.8 Å². The molecule has 2 bridgehead atoms. The maximum atomic E-state index is 14.7. The first kappa shape index (κ1) is 98.6. The number of aliphatic hydroxyl groups is 3. The van der Waals surface area contributed by atoms with Gasteiger partial charge in [-0.1, -0.05) is 64.2 Å². The molecule has 35 heteroatoms. The molecule has 121 heavy (non-hydrogen) atoms. The Hall–Kier alpha value is -7.82. The Morgan fingerprint density at radius 2 is 1.36 bits per heavy atom. The van der Waals surface area contributed by atoms with Crippen LogP contribution in [0.5, 0.6) is 0 Å². The number of hydrogen-bond donors (Lipinski definition) is 8. The van der Waals surface area contributed by atoms with Crippen LogP contribution in [-0.4, -0.2) is 294 Å². The smallest absolute Gasteiger partial charge is 0.407 e. The van der Waals surface area contributed by atoms with E-state index in [0.717, 1.165) is 28.9 Å². The number of carbonyl (C=O) groups excluding carboxylic acids is 6. The Labute approximate surface area is 709 Å². The molecule has 0 spiro atoms. The Balaban J connectivity index is 0.653. The van der Waals surface area contributed by atoms with E-state index in [2.05, 4.69) is 25.6 Å². The highest BCUT2D eigenvalue weighted by molar-refractivity contribution is 6.39. The van der Waals surface area contributed by atoms with Gasteiger partial charge in [0, 0.05) is 96.1 Å². The average molecular weight is 1710 g/mol. The third-order valence-electron chi connectivity index (χ3n) is 22.6. The normalized spacial score (nSPS) is 27.1. The van der Waals surface area contributed by atoms with Crippen LogP contribution < -0.4 is 27.8 Å². The van der Waals surface area contributed by atoms with Crippen LogP contribution in [0.3, 0.4) is 0 Å². The van der Waals surface area contributed by atoms with Gasteiger partial charge in [-0.15, -0.1) is 0 Å². The number of nitrogen functional groups attached to an aromatic ring is 2. The van der Waals surface area contributed by atoms with E-state index in [9.17, 15) is 44.1 Å². The molecule has 4 aromatic rings. The number of amides is 3. The van der Waals surface area contributed by atoms with Gasteiger partial charge in [-0.3, -0.25) is 19.2 Å². The Kier molecular flexibility index (Phi) is 42.4. The summed E-state index contributed by atoms with van der Waals surface area (Å²) in [4.78, 5) is 97.1. The summed E-state index contributed by atoms with van der Waals surface area (Å²) in [6, 6.07) is 3.44. The number of benzene rings is 1. The lowest BCUT2D eigenvalue weighted by molar-refractivity contribution is -0.265. The molecule has 1 aliphatic carbocycles. The number of aliphatic hydroxyl groups excluding tert-OH is 2. The Morgan fingerprint density at radius 3 is 2.02 bits per heavy atom. The second-order valence-electron chi connectivity index (χ2n) is 31.8. The molecular weight excluding hydrogens is 1570 g/mol. The van der Waals surface area contributed by atoms with E-state index in [1.165, 1.54) is 20.5 Å². The second-order valence-corrected chi connectivity index (χ2v) is 31.8. The Morgan fingerprint density at radius 1 is 0.702 bits per heavy atom. The number of nitrogens with two attached hydrogens (primary N) is 3. The number of esters is 1. The van der Waals surface area contributed by atoms with E-state index in [4.69, 9.17) is 93.0 Å². The third kappa shape index (κ3) is 31.1. The van der Waals surface area contributed by atoms with Crippen LogP contribution in [0, 0.1) is 29.6 Å². The summed E-state index contributed by atoms with van der Waals surface area (Å²) in [5.41, 5.74) is 23.5. The monoisotopic (exact) mass is 1700 g/mol. The number of rotatable bonds is 40. The number of fused-ring (bicyclic) bond motifs is 5. The highest BCUT2D eigenvalue weighted by Crippen LogP contribution is 2.39. The number of ether oxygens (including phenoxy) is 14. The van der Waals surface area contributed by atoms with Gasteiger partial charge in [-0.05, 0) is 132 Å². The van der Waals surface area contributed by atoms with Gasteiger partial charge in [-0.25, -0.2) is 24.2 Å². The predicted octanol–water partition coefficient (Wildman–Crippen LogP) is 6.63. The van der Waals surface area contributed by atoms with Crippen molar-refractivity contribution in [2.24, 2.45) is 35.3 Å². The molecule has 3 fully saturated rings. The molecule has 4 aliphatic rings. The number of cyclic esters (lactones) is 1. The van der Waals surface area contributed by atoms with Crippen LogP contribution in [0.15, 0.2) is 76.5 Å². The van der Waals surface area contributed by atoms with Crippen LogP contribution in [0.2, 0.25) is 0 Å². The van der Waals surface area contributed by atoms with Crippen LogP contribution in [0.25, 0.3) is 33.4 Å². The minimum Gasteiger partial charge on any atom is -0.459 e. The predicted molar refractivity (Wildman–Crippen MR) is 448 cm³/mol. The summed E-state index contributed by atoms with van der Waals surface area (Å²) >= 11 is 0. The van der Waals surface area contributed by atoms with Gasteiger partial charge >= 0.3 is 12.1 Å². The van der Waals surface area contributed by atoms with E-state index >= 15 is 0 Å². The van der Waals surface area contributed by atoms with Crippen LogP contribution in [0.1, 0.15) is 138 Å². The molecule has 1 saturated carbocycles. The lowest BCUT2D eigenvalue weighted by Gasteiger charge is -2.42. The van der Waals surface area contributed by atoms with E-state index in [1.807, 2.05) is 56.4 Å². The number of piperidine rings is 1. The van der Waals surface area contributed by atoms with Crippen LogP contribution in [-0.2, 0) is 96.8 Å². The number of methoxy groups -OCH3 is 3. The fourth-order valence-corrected chi connectivity index (χ4v) is 15.5. The maximum absolute atomic E-state index is 14.7. The zero-order chi connectivity index (χ0) is 87.2. The largest absolute Gasteiger partial charge is 0.459 e. The number of nitrogens with zero attached hydrogens (tertiary/aromatic N) is 6. The molecule has 3 aromatic heterocycles. The molecule has 35 nitrogen and oxygen atoms in total. The first-order chi connectivity index (χ1) is 58.3. The van der Waals surface area contributed by atoms with Gasteiger partial charge in [0.05, 0.1) is 136 Å². The molecule has 8 rings (SSSR count). The SMILES string of the molecule is CO[C@H]1C[C@@H]2CC[C@@H](C)[C@@](O)(O2)C(=O)C(=O)N2CCCC[C@H]2C(=O)O[C@H]([C@H](N)C[C@@H]2CC[C@@H](OC(=O)NCCOCCOCCOCCOCCOCCOCCOCCOCCC(=O)NCCCCn3nc(-c4ccc5oc(N)nc5c4)c4c(N)ncnc43)[C@H](OC)C2)C[C@@H](O)[C@H](C)/C=C(\C)[C@@H](O)[C@@H](OC)C(=O)[C@H](C)C[C@H](C)/C=C/C=CC=C1C. The number of Topliss-reactive ketones (excluding diaryl/α,β-unsaturated/α-hetero) is 2. The molecular formula is C86H133N11O24. The van der Waals surface area contributed by atoms with Crippen molar-refractivity contribution in [3.05, 3.63) is 72.1 Å². The van der Waals surface area contributed by atoms with Crippen molar-refractivity contribution in [3.63, 3.8) is 0 Å². The summed E-state index contributed by atoms with van der Waals surface area (Å²) < 4.78 is 87.7. The van der Waals surface area contributed by atoms with E-state index < -0.39 is 108 Å². The number of aryl methyl sites for hydroxylation is 1. The molecule has 0 unspecified atom stereocenters. The quantitative estimate of drug-likeness (QED) is 0.0100. The van der Waals surface area contributed by atoms with Crippen molar-refractivity contribution in [1.29, 1.82) is 0 Å². The number of carbonyl (C=O) groups is 6. The second kappa shape index (κ2) is 52.1. The number of ketones is 2. The standard InChI is InChI=1S/C86H133N11O24/c1-55-17-11-10-12-18-56(2)70(107-7)52-63-23-20-60(6)86(106,121-63)79(102)82(103)96-29-15-13-19-66(96)83(104)118-71(53-67(98)57(3)48-59(5)77(101)78(109-9)76(100)58(4)47-55)64(87)49-61-21-24-69(72(50-61)108-8)120-85(105)91-28-32-111-34-36-113-38-40-115-42-44-117-46-45-116-43-41-114-39-37-112-35-33-110-31-26-73(99)90-27-14-16-30-97-81-74(80(88)92-54-93-81)75(95-97)62-22-25-68-65(51-62)94-84(89)119-68/h10-12,17-18,22,25,48,51,54-55,57-58,60-61,63-64,66-67,69-72,77-78,98,101,106H,13-16,19-21,23-24,26-47,49-50,52-53,87H2,1-9H3,(H2,89,94)(H,90,99)(H,91,105)(H2,88,92,93)/b12-10?,17-11+,56-18?,59-48+/t55-,57-,58-,60-,61+,63+,64-,66+,67-,69-,70+,71+,72-,77-,78+,86-/m1/s1. The number of unbranched alkanes of at least 4 members (excludes halogenated alkanes) is 1.